The maximum atomic E-state index is 11.9. The first-order valence-electron chi connectivity index (χ1n) is 7.43. The second-order valence-corrected chi connectivity index (χ2v) is 5.25. The molecule has 0 bridgehead atoms. The van der Waals surface area contributed by atoms with Crippen LogP contribution in [-0.2, 0) is 4.79 Å². The standard InChI is InChI=1S/C14H29N3O/c1-4-13(5-2)16-14(18)12(3)15-8-11-17-9-6-7-10-17/h12-13,15H,4-11H2,1-3H3,(H,16,18). The van der Waals surface area contributed by atoms with E-state index in [9.17, 15) is 4.79 Å². The van der Waals surface area contributed by atoms with Crippen LogP contribution in [0.5, 0.6) is 0 Å². The minimum absolute atomic E-state index is 0.0896. The molecule has 4 nitrogen and oxygen atoms in total. The first-order valence-corrected chi connectivity index (χ1v) is 7.43. The summed E-state index contributed by atoms with van der Waals surface area (Å²) in [7, 11) is 0. The van der Waals surface area contributed by atoms with Crippen LogP contribution in [0.1, 0.15) is 46.5 Å². The zero-order chi connectivity index (χ0) is 13.4. The van der Waals surface area contributed by atoms with E-state index in [1.54, 1.807) is 0 Å². The van der Waals surface area contributed by atoms with Crippen molar-refractivity contribution in [3.8, 4) is 0 Å². The van der Waals surface area contributed by atoms with Crippen molar-refractivity contribution in [2.24, 2.45) is 0 Å². The van der Waals surface area contributed by atoms with Crippen LogP contribution in [0.3, 0.4) is 0 Å². The number of nitrogens with zero attached hydrogens (tertiary/aromatic N) is 1. The molecular formula is C14H29N3O. The molecule has 0 aromatic heterocycles. The highest BCUT2D eigenvalue weighted by Crippen LogP contribution is 2.05. The van der Waals surface area contributed by atoms with Crippen molar-refractivity contribution in [1.82, 2.24) is 15.5 Å². The van der Waals surface area contributed by atoms with Gasteiger partial charge in [-0.1, -0.05) is 13.8 Å². The lowest BCUT2D eigenvalue weighted by atomic mass is 10.1. The first-order chi connectivity index (χ1) is 8.67. The molecule has 1 saturated heterocycles. The summed E-state index contributed by atoms with van der Waals surface area (Å²) in [4.78, 5) is 14.4. The van der Waals surface area contributed by atoms with E-state index in [0.717, 1.165) is 25.9 Å². The van der Waals surface area contributed by atoms with Gasteiger partial charge in [0.2, 0.25) is 5.91 Å². The Morgan fingerprint density at radius 2 is 1.83 bits per heavy atom. The van der Waals surface area contributed by atoms with Gasteiger partial charge in [-0.25, -0.2) is 0 Å². The Hall–Kier alpha value is -0.610. The van der Waals surface area contributed by atoms with E-state index in [0.29, 0.717) is 6.04 Å². The average molecular weight is 255 g/mol. The Bertz CT molecular complexity index is 235. The van der Waals surface area contributed by atoms with E-state index in [-0.39, 0.29) is 11.9 Å². The van der Waals surface area contributed by atoms with Gasteiger partial charge >= 0.3 is 0 Å². The van der Waals surface area contributed by atoms with Crippen LogP contribution in [0.2, 0.25) is 0 Å². The number of carbonyl (C=O) groups is 1. The summed E-state index contributed by atoms with van der Waals surface area (Å²) in [6.45, 7) is 10.6. The van der Waals surface area contributed by atoms with Crippen molar-refractivity contribution in [1.29, 1.82) is 0 Å². The van der Waals surface area contributed by atoms with Crippen LogP contribution in [0.15, 0.2) is 0 Å². The summed E-state index contributed by atoms with van der Waals surface area (Å²) < 4.78 is 0. The van der Waals surface area contributed by atoms with Crippen LogP contribution in [-0.4, -0.2) is 49.1 Å². The molecule has 2 N–H and O–H groups in total. The lowest BCUT2D eigenvalue weighted by Crippen LogP contribution is -2.47. The Morgan fingerprint density at radius 1 is 1.22 bits per heavy atom. The molecule has 0 radical (unpaired) electrons. The molecule has 0 spiro atoms. The minimum atomic E-state index is -0.0896. The summed E-state index contributed by atoms with van der Waals surface area (Å²) in [5.74, 6) is 0.130. The number of likely N-dealkylation sites (tertiary alicyclic amines) is 1. The molecule has 1 amide bonds. The normalized spacial score (nSPS) is 18.2. The molecule has 106 valence electrons. The van der Waals surface area contributed by atoms with Crippen molar-refractivity contribution >= 4 is 5.91 Å². The molecule has 1 aliphatic rings. The van der Waals surface area contributed by atoms with Gasteiger partial charge in [-0.15, -0.1) is 0 Å². The van der Waals surface area contributed by atoms with Gasteiger partial charge in [0.25, 0.3) is 0 Å². The molecule has 18 heavy (non-hydrogen) atoms. The maximum absolute atomic E-state index is 11.9. The third kappa shape index (κ3) is 5.36. The van der Waals surface area contributed by atoms with E-state index >= 15 is 0 Å². The van der Waals surface area contributed by atoms with Crippen molar-refractivity contribution in [3.05, 3.63) is 0 Å². The Labute approximate surface area is 111 Å². The van der Waals surface area contributed by atoms with E-state index in [1.807, 2.05) is 6.92 Å². The van der Waals surface area contributed by atoms with E-state index in [1.165, 1.54) is 25.9 Å². The first kappa shape index (κ1) is 15.4. The second-order valence-electron chi connectivity index (χ2n) is 5.25. The van der Waals surface area contributed by atoms with Crippen LogP contribution >= 0.6 is 0 Å². The third-order valence-electron chi connectivity index (χ3n) is 3.80. The molecular weight excluding hydrogens is 226 g/mol. The summed E-state index contributed by atoms with van der Waals surface area (Å²) in [5.41, 5.74) is 0. The quantitative estimate of drug-likeness (QED) is 0.688. The van der Waals surface area contributed by atoms with Crippen molar-refractivity contribution in [2.75, 3.05) is 26.2 Å². The van der Waals surface area contributed by atoms with Crippen molar-refractivity contribution in [3.63, 3.8) is 0 Å². The van der Waals surface area contributed by atoms with Gasteiger partial charge in [0.05, 0.1) is 6.04 Å². The van der Waals surface area contributed by atoms with Gasteiger partial charge in [-0.05, 0) is 45.7 Å². The fourth-order valence-corrected chi connectivity index (χ4v) is 2.36. The molecule has 1 atom stereocenters. The second kappa shape index (κ2) is 8.48. The average Bonchev–Trinajstić information content (AvgIpc) is 2.88. The molecule has 1 aliphatic heterocycles. The molecule has 1 rings (SSSR count). The largest absolute Gasteiger partial charge is 0.352 e. The predicted molar refractivity (Wildman–Crippen MR) is 75.7 cm³/mol. The van der Waals surface area contributed by atoms with Crippen molar-refractivity contribution in [2.45, 2.75) is 58.5 Å². The topological polar surface area (TPSA) is 44.4 Å². The number of nitrogens with one attached hydrogen (secondary N) is 2. The summed E-state index contributed by atoms with van der Waals surface area (Å²) in [6.07, 6.45) is 4.65. The zero-order valence-corrected chi connectivity index (χ0v) is 12.2. The fourth-order valence-electron chi connectivity index (χ4n) is 2.36. The number of carbonyl (C=O) groups excluding carboxylic acids is 1. The lowest BCUT2D eigenvalue weighted by Gasteiger charge is -2.21. The summed E-state index contributed by atoms with van der Waals surface area (Å²) in [6, 6.07) is 0.230. The fraction of sp³-hybridized carbons (Fsp3) is 0.929. The van der Waals surface area contributed by atoms with Gasteiger partial charge in [0, 0.05) is 19.1 Å². The highest BCUT2D eigenvalue weighted by Gasteiger charge is 2.16. The van der Waals surface area contributed by atoms with Gasteiger partial charge in [0.15, 0.2) is 0 Å². The molecule has 0 aromatic rings. The third-order valence-corrected chi connectivity index (χ3v) is 3.80. The van der Waals surface area contributed by atoms with Crippen LogP contribution < -0.4 is 10.6 Å². The Balaban J connectivity index is 2.14. The minimum Gasteiger partial charge on any atom is -0.352 e. The molecule has 0 saturated carbocycles. The number of amides is 1. The van der Waals surface area contributed by atoms with E-state index in [4.69, 9.17) is 0 Å². The molecule has 1 unspecified atom stereocenters. The van der Waals surface area contributed by atoms with Crippen LogP contribution in [0, 0.1) is 0 Å². The highest BCUT2D eigenvalue weighted by molar-refractivity contribution is 5.81. The van der Waals surface area contributed by atoms with Gasteiger partial charge in [-0.3, -0.25) is 4.79 Å². The smallest absolute Gasteiger partial charge is 0.237 e. The summed E-state index contributed by atoms with van der Waals surface area (Å²) >= 11 is 0. The zero-order valence-electron chi connectivity index (χ0n) is 12.2. The predicted octanol–water partition coefficient (Wildman–Crippen LogP) is 1.37. The number of hydrogen-bond donors (Lipinski definition) is 2. The molecule has 1 fully saturated rings. The van der Waals surface area contributed by atoms with Gasteiger partial charge < -0.3 is 15.5 Å². The number of hydrogen-bond acceptors (Lipinski definition) is 3. The molecule has 0 aliphatic carbocycles. The monoisotopic (exact) mass is 255 g/mol. The summed E-state index contributed by atoms with van der Waals surface area (Å²) in [5, 5.41) is 6.39. The molecule has 0 aromatic carbocycles. The van der Waals surface area contributed by atoms with E-state index in [2.05, 4.69) is 29.4 Å². The number of rotatable bonds is 8. The van der Waals surface area contributed by atoms with Crippen molar-refractivity contribution < 1.29 is 4.79 Å². The Kier molecular flexibility index (Phi) is 7.28. The van der Waals surface area contributed by atoms with Crippen LogP contribution in [0.25, 0.3) is 0 Å². The Morgan fingerprint density at radius 3 is 2.39 bits per heavy atom. The maximum Gasteiger partial charge on any atom is 0.237 e. The van der Waals surface area contributed by atoms with Gasteiger partial charge in [0.1, 0.15) is 0 Å². The van der Waals surface area contributed by atoms with Gasteiger partial charge in [-0.2, -0.15) is 0 Å². The lowest BCUT2D eigenvalue weighted by molar-refractivity contribution is -0.123. The SMILES string of the molecule is CCC(CC)NC(=O)C(C)NCCN1CCCC1. The molecule has 1 heterocycles. The van der Waals surface area contributed by atoms with E-state index < -0.39 is 0 Å². The molecule has 4 heteroatoms. The van der Waals surface area contributed by atoms with Crippen LogP contribution in [0.4, 0.5) is 0 Å². The highest BCUT2D eigenvalue weighted by atomic mass is 16.2.